The van der Waals surface area contributed by atoms with Gasteiger partial charge in [0.05, 0.1) is 19.2 Å². The van der Waals surface area contributed by atoms with E-state index in [1.165, 1.54) is 17.7 Å². The molecule has 204 valence electrons. The Morgan fingerprint density at radius 3 is 1.94 bits per heavy atom. The molecule has 1 heterocycles. The number of hydrogen-bond acceptors (Lipinski definition) is 4. The number of nitrogens with one attached hydrogen (secondary N) is 1. The number of halogens is 1. The summed E-state index contributed by atoms with van der Waals surface area (Å²) in [6.45, 7) is 25.9. The van der Waals surface area contributed by atoms with Crippen LogP contribution in [0.25, 0.3) is 0 Å². The third-order valence-electron chi connectivity index (χ3n) is 6.85. The highest BCUT2D eigenvalue weighted by molar-refractivity contribution is 5.79. The van der Waals surface area contributed by atoms with E-state index in [1.807, 2.05) is 0 Å². The van der Waals surface area contributed by atoms with Gasteiger partial charge in [-0.2, -0.15) is 5.26 Å². The van der Waals surface area contributed by atoms with Crippen molar-refractivity contribution in [3.05, 3.63) is 0 Å². The predicted molar refractivity (Wildman–Crippen MR) is 145 cm³/mol. The van der Waals surface area contributed by atoms with Crippen molar-refractivity contribution in [2.45, 2.75) is 119 Å². The van der Waals surface area contributed by atoms with Crippen LogP contribution >= 0.6 is 0 Å². The molecule has 0 spiro atoms. The summed E-state index contributed by atoms with van der Waals surface area (Å²) in [6.07, 6.45) is 3.77. The highest BCUT2D eigenvalue weighted by Gasteiger charge is 2.36. The molecule has 5 nitrogen and oxygen atoms in total. The fourth-order valence-electron chi connectivity index (χ4n) is 5.58. The van der Waals surface area contributed by atoms with Crippen LogP contribution in [0.2, 0.25) is 0 Å². The van der Waals surface area contributed by atoms with Gasteiger partial charge in [0.15, 0.2) is 0 Å². The quantitative estimate of drug-likeness (QED) is 0.339. The van der Waals surface area contributed by atoms with Crippen molar-refractivity contribution in [1.82, 2.24) is 15.1 Å². The van der Waals surface area contributed by atoms with Crippen LogP contribution < -0.4 is 5.32 Å². The standard InChI is InChI=1S/C29H55FN4O/c1-22(16-27(3,4)5)11-13-33(14-12-23(2)17-28(6,7)8)21-29(9,10)32-19-26(35)34-20-24(30)15-25(34)18-31/h22-25,32H,11-17,19-21H2,1-10H3/t22?,23?,24-,25-/m0/s1. The molecule has 0 aromatic carbocycles. The second kappa shape index (κ2) is 13.4. The molecule has 0 saturated carbocycles. The molecule has 0 radical (unpaired) electrons. The van der Waals surface area contributed by atoms with Crippen LogP contribution in [0.3, 0.4) is 0 Å². The molecule has 1 N–H and O–H groups in total. The zero-order chi connectivity index (χ0) is 27.0. The largest absolute Gasteiger partial charge is 0.323 e. The lowest BCUT2D eigenvalue weighted by molar-refractivity contribution is -0.130. The van der Waals surface area contributed by atoms with E-state index >= 15 is 0 Å². The van der Waals surface area contributed by atoms with Crippen LogP contribution in [0.1, 0.15) is 101 Å². The second-order valence-corrected chi connectivity index (χ2v) is 14.4. The van der Waals surface area contributed by atoms with Crippen LogP contribution in [0.15, 0.2) is 0 Å². The Labute approximate surface area is 216 Å². The van der Waals surface area contributed by atoms with Gasteiger partial charge in [0.1, 0.15) is 12.2 Å². The van der Waals surface area contributed by atoms with Crippen molar-refractivity contribution in [2.24, 2.45) is 22.7 Å². The number of nitriles is 1. The number of hydrogen-bond donors (Lipinski definition) is 1. The highest BCUT2D eigenvalue weighted by Crippen LogP contribution is 2.28. The molecule has 1 rings (SSSR count). The molecular weight excluding hydrogens is 439 g/mol. The molecule has 0 aliphatic carbocycles. The van der Waals surface area contributed by atoms with E-state index in [0.717, 1.165) is 32.5 Å². The van der Waals surface area contributed by atoms with Crippen LogP contribution in [-0.4, -0.2) is 66.2 Å². The van der Waals surface area contributed by atoms with E-state index < -0.39 is 12.2 Å². The third kappa shape index (κ3) is 13.6. The first kappa shape index (κ1) is 31.8. The van der Waals surface area contributed by atoms with Gasteiger partial charge in [0.2, 0.25) is 5.91 Å². The maximum atomic E-state index is 13.8. The summed E-state index contributed by atoms with van der Waals surface area (Å²) in [5.74, 6) is 1.14. The Bertz CT molecular complexity index is 662. The van der Waals surface area contributed by atoms with Gasteiger partial charge >= 0.3 is 0 Å². The van der Waals surface area contributed by atoms with Gasteiger partial charge in [-0.1, -0.05) is 55.4 Å². The van der Waals surface area contributed by atoms with Crippen molar-refractivity contribution >= 4 is 5.91 Å². The molecule has 4 atom stereocenters. The Kier molecular flexibility index (Phi) is 12.2. The summed E-state index contributed by atoms with van der Waals surface area (Å²) in [6, 6.07) is 1.42. The van der Waals surface area contributed by atoms with Gasteiger partial charge in [-0.3, -0.25) is 4.79 Å². The zero-order valence-corrected chi connectivity index (χ0v) is 24.5. The minimum Gasteiger partial charge on any atom is -0.323 e. The minimum absolute atomic E-state index is 0.0304. The van der Waals surface area contributed by atoms with Gasteiger partial charge in [-0.15, -0.1) is 0 Å². The molecule has 1 saturated heterocycles. The Hall–Kier alpha value is -1.19. The Balaban J connectivity index is 2.73. The molecule has 1 amide bonds. The molecule has 1 fully saturated rings. The first-order chi connectivity index (χ1) is 15.9. The van der Waals surface area contributed by atoms with Gasteiger partial charge in [-0.05, 0) is 75.3 Å². The summed E-state index contributed by atoms with van der Waals surface area (Å²) < 4.78 is 13.8. The lowest BCUT2D eigenvalue weighted by Gasteiger charge is -2.36. The van der Waals surface area contributed by atoms with Crippen LogP contribution in [0.4, 0.5) is 4.39 Å². The molecular formula is C29H55FN4O. The Morgan fingerprint density at radius 1 is 1.03 bits per heavy atom. The first-order valence-corrected chi connectivity index (χ1v) is 13.7. The van der Waals surface area contributed by atoms with Crippen molar-refractivity contribution < 1.29 is 9.18 Å². The monoisotopic (exact) mass is 494 g/mol. The van der Waals surface area contributed by atoms with E-state index in [4.69, 9.17) is 0 Å². The zero-order valence-electron chi connectivity index (χ0n) is 24.5. The molecule has 1 aliphatic rings. The smallest absolute Gasteiger partial charge is 0.237 e. The molecule has 35 heavy (non-hydrogen) atoms. The summed E-state index contributed by atoms with van der Waals surface area (Å²) in [5, 5.41) is 12.7. The number of amides is 1. The minimum atomic E-state index is -1.10. The van der Waals surface area contributed by atoms with E-state index in [2.05, 4.69) is 85.5 Å². The van der Waals surface area contributed by atoms with Crippen molar-refractivity contribution in [2.75, 3.05) is 32.7 Å². The SMILES string of the molecule is CC(CCN(CCC(C)CC(C)(C)C)CC(C)(C)NCC(=O)N1C[C@@H](F)C[C@H]1C#N)CC(C)(C)C. The van der Waals surface area contributed by atoms with Crippen molar-refractivity contribution in [3.63, 3.8) is 0 Å². The third-order valence-corrected chi connectivity index (χ3v) is 6.85. The van der Waals surface area contributed by atoms with Crippen LogP contribution in [0.5, 0.6) is 0 Å². The maximum Gasteiger partial charge on any atom is 0.237 e. The highest BCUT2D eigenvalue weighted by atomic mass is 19.1. The van der Waals surface area contributed by atoms with Gasteiger partial charge < -0.3 is 15.1 Å². The maximum absolute atomic E-state index is 13.8. The van der Waals surface area contributed by atoms with E-state index in [9.17, 15) is 14.4 Å². The summed E-state index contributed by atoms with van der Waals surface area (Å²) >= 11 is 0. The van der Waals surface area contributed by atoms with Gasteiger partial charge in [-0.25, -0.2) is 4.39 Å². The molecule has 6 heteroatoms. The average molecular weight is 495 g/mol. The fourth-order valence-corrected chi connectivity index (χ4v) is 5.58. The van der Waals surface area contributed by atoms with E-state index in [1.54, 1.807) is 0 Å². The van der Waals surface area contributed by atoms with Crippen molar-refractivity contribution in [3.8, 4) is 6.07 Å². The molecule has 2 unspecified atom stereocenters. The summed E-state index contributed by atoms with van der Waals surface area (Å²) in [5.41, 5.74) is 0.400. The average Bonchev–Trinajstić information content (AvgIpc) is 3.06. The van der Waals surface area contributed by atoms with Crippen LogP contribution in [0, 0.1) is 34.0 Å². The van der Waals surface area contributed by atoms with E-state index in [0.29, 0.717) is 22.7 Å². The second-order valence-electron chi connectivity index (χ2n) is 14.4. The number of carbonyl (C=O) groups is 1. The Morgan fingerprint density at radius 2 is 1.51 bits per heavy atom. The van der Waals surface area contributed by atoms with Crippen LogP contribution in [-0.2, 0) is 4.79 Å². The molecule has 0 bridgehead atoms. The number of rotatable bonds is 13. The van der Waals surface area contributed by atoms with Gasteiger partial charge in [0, 0.05) is 18.5 Å². The lowest BCUT2D eigenvalue weighted by Crippen LogP contribution is -2.53. The lowest BCUT2D eigenvalue weighted by atomic mass is 9.83. The number of nitrogens with zero attached hydrogens (tertiary/aromatic N) is 3. The number of alkyl halides is 1. The molecule has 0 aromatic heterocycles. The predicted octanol–water partition coefficient (Wildman–Crippen LogP) is 6.04. The topological polar surface area (TPSA) is 59.4 Å². The number of likely N-dealkylation sites (tertiary alicyclic amines) is 1. The fraction of sp³-hybridized carbons (Fsp3) is 0.931. The first-order valence-electron chi connectivity index (χ1n) is 13.7. The molecule has 1 aliphatic heterocycles. The summed E-state index contributed by atoms with van der Waals surface area (Å²) in [4.78, 5) is 16.7. The van der Waals surface area contributed by atoms with Gasteiger partial charge in [0.25, 0.3) is 0 Å². The number of carbonyl (C=O) groups excluding carboxylic acids is 1. The summed E-state index contributed by atoms with van der Waals surface area (Å²) in [7, 11) is 0. The molecule has 0 aromatic rings. The normalized spacial score (nSPS) is 21.3. The van der Waals surface area contributed by atoms with Crippen molar-refractivity contribution in [1.29, 1.82) is 5.26 Å². The van der Waals surface area contributed by atoms with E-state index in [-0.39, 0.29) is 31.0 Å².